The minimum atomic E-state index is -0.145. The van der Waals surface area contributed by atoms with Gasteiger partial charge in [-0.15, -0.1) is 0 Å². The number of rotatable bonds is 6. The molecule has 1 aliphatic carbocycles. The van der Waals surface area contributed by atoms with Crippen molar-refractivity contribution in [1.82, 2.24) is 9.97 Å². The lowest BCUT2D eigenvalue weighted by atomic mass is 9.80. The van der Waals surface area contributed by atoms with E-state index in [-0.39, 0.29) is 5.41 Å². The van der Waals surface area contributed by atoms with Gasteiger partial charge in [-0.1, -0.05) is 214 Å². The summed E-state index contributed by atoms with van der Waals surface area (Å²) < 4.78 is 0. The van der Waals surface area contributed by atoms with Crippen molar-refractivity contribution < 1.29 is 0 Å². The first kappa shape index (κ1) is 36.9. The summed E-state index contributed by atoms with van der Waals surface area (Å²) in [7, 11) is 0. The van der Waals surface area contributed by atoms with Crippen molar-refractivity contribution in [2.45, 2.75) is 19.3 Å². The number of aromatic nitrogens is 2. The Hall–Kier alpha value is -7.94. The van der Waals surface area contributed by atoms with E-state index in [4.69, 9.17) is 9.97 Å². The van der Waals surface area contributed by atoms with E-state index in [9.17, 15) is 0 Å². The first-order chi connectivity index (χ1) is 31.0. The fourth-order valence-corrected chi connectivity index (χ4v) is 10.2. The van der Waals surface area contributed by atoms with Crippen LogP contribution in [0.25, 0.3) is 111 Å². The molecule has 0 radical (unpaired) electrons. The third kappa shape index (κ3) is 6.02. The summed E-state index contributed by atoms with van der Waals surface area (Å²) in [5.41, 5.74) is 17.4. The maximum absolute atomic E-state index is 5.36. The average molecular weight is 803 g/mol. The molecule has 11 aromatic rings. The Kier molecular flexibility index (Phi) is 8.55. The van der Waals surface area contributed by atoms with Crippen LogP contribution in [-0.4, -0.2) is 9.97 Å². The van der Waals surface area contributed by atoms with Gasteiger partial charge in [0, 0.05) is 22.1 Å². The molecule has 0 spiro atoms. The van der Waals surface area contributed by atoms with Gasteiger partial charge in [0.2, 0.25) is 0 Å². The van der Waals surface area contributed by atoms with Crippen LogP contribution in [0, 0.1) is 0 Å². The molecule has 0 atom stereocenters. The van der Waals surface area contributed by atoms with E-state index in [1.807, 2.05) is 6.07 Å². The monoisotopic (exact) mass is 802 g/mol. The number of benzene rings is 10. The van der Waals surface area contributed by atoms with E-state index in [0.717, 1.165) is 33.6 Å². The van der Waals surface area contributed by atoms with Crippen molar-refractivity contribution in [3.05, 3.63) is 230 Å². The largest absolute Gasteiger partial charge is 0.228 e. The predicted molar refractivity (Wildman–Crippen MR) is 265 cm³/mol. The van der Waals surface area contributed by atoms with Crippen LogP contribution in [0.2, 0.25) is 0 Å². The van der Waals surface area contributed by atoms with Crippen LogP contribution in [-0.2, 0) is 5.41 Å². The highest BCUT2D eigenvalue weighted by Crippen LogP contribution is 2.55. The highest BCUT2D eigenvalue weighted by molar-refractivity contribution is 6.23. The Morgan fingerprint density at radius 1 is 0.302 bits per heavy atom. The number of hydrogen-bond donors (Lipinski definition) is 0. The normalized spacial score (nSPS) is 12.7. The van der Waals surface area contributed by atoms with Gasteiger partial charge in [0.15, 0.2) is 5.82 Å². The first-order valence-corrected chi connectivity index (χ1v) is 21.8. The maximum atomic E-state index is 5.36. The standard InChI is InChI=1S/C61H42N2/c1-61(2)53-31-17-30-51(59(53)52-36-43-22-9-10-23-44(43)37-54(52)61)58-49-28-15-13-26-47(49)57(48-27-14-16-29-50(48)58)46-25-12-11-24-45(46)56-38-55(62-60(63-56)42-20-7-4-8-21-42)41-34-32-40(33-35-41)39-18-5-3-6-19-39/h3-38H,1-2H3. The van der Waals surface area contributed by atoms with Gasteiger partial charge in [-0.25, -0.2) is 9.97 Å². The molecule has 1 aromatic heterocycles. The fourth-order valence-electron chi connectivity index (χ4n) is 10.2. The molecule has 0 bridgehead atoms. The molecule has 63 heavy (non-hydrogen) atoms. The Morgan fingerprint density at radius 2 is 0.778 bits per heavy atom. The number of fused-ring (bicyclic) bond motifs is 6. The minimum absolute atomic E-state index is 0.145. The molecule has 0 amide bonds. The summed E-state index contributed by atoms with van der Waals surface area (Å²) in [6.07, 6.45) is 0. The number of nitrogens with zero attached hydrogens (tertiary/aromatic N) is 2. The SMILES string of the molecule is CC1(C)c2cc3ccccc3cc2-c2c(-c3c4ccccc4c(-c4ccccc4-c4cc(-c5ccc(-c6ccccc6)cc5)nc(-c5ccccc5)n4)c4ccccc34)cccc21. The molecule has 0 aliphatic heterocycles. The molecule has 10 aromatic carbocycles. The number of hydrogen-bond acceptors (Lipinski definition) is 2. The van der Waals surface area contributed by atoms with E-state index in [0.29, 0.717) is 5.82 Å². The van der Waals surface area contributed by atoms with Crippen molar-refractivity contribution in [1.29, 1.82) is 0 Å². The zero-order chi connectivity index (χ0) is 42.1. The van der Waals surface area contributed by atoms with Crippen LogP contribution < -0.4 is 0 Å². The van der Waals surface area contributed by atoms with Crippen molar-refractivity contribution >= 4 is 32.3 Å². The Morgan fingerprint density at radius 3 is 1.43 bits per heavy atom. The van der Waals surface area contributed by atoms with Crippen LogP contribution in [0.3, 0.4) is 0 Å². The summed E-state index contributed by atoms with van der Waals surface area (Å²) in [4.78, 5) is 10.6. The summed E-state index contributed by atoms with van der Waals surface area (Å²) >= 11 is 0. The van der Waals surface area contributed by atoms with E-state index in [1.165, 1.54) is 82.4 Å². The van der Waals surface area contributed by atoms with Crippen molar-refractivity contribution in [2.24, 2.45) is 0 Å². The topological polar surface area (TPSA) is 25.8 Å². The van der Waals surface area contributed by atoms with Gasteiger partial charge in [-0.3, -0.25) is 0 Å². The third-order valence-corrected chi connectivity index (χ3v) is 13.3. The van der Waals surface area contributed by atoms with E-state index >= 15 is 0 Å². The molecule has 2 nitrogen and oxygen atoms in total. The molecule has 0 N–H and O–H groups in total. The Balaban J connectivity index is 1.08. The summed E-state index contributed by atoms with van der Waals surface area (Å²) in [6, 6.07) is 79.1. The highest BCUT2D eigenvalue weighted by atomic mass is 14.9. The highest BCUT2D eigenvalue weighted by Gasteiger charge is 2.37. The van der Waals surface area contributed by atoms with E-state index in [2.05, 4.69) is 226 Å². The van der Waals surface area contributed by atoms with Gasteiger partial charge in [0.05, 0.1) is 11.4 Å². The minimum Gasteiger partial charge on any atom is -0.228 e. The van der Waals surface area contributed by atoms with Crippen LogP contribution >= 0.6 is 0 Å². The summed E-state index contributed by atoms with van der Waals surface area (Å²) in [5.74, 6) is 0.698. The predicted octanol–water partition coefficient (Wildman–Crippen LogP) is 16.2. The molecule has 0 saturated heterocycles. The lowest BCUT2D eigenvalue weighted by Crippen LogP contribution is -2.14. The zero-order valence-electron chi connectivity index (χ0n) is 35.2. The molecule has 0 saturated carbocycles. The fraction of sp³-hybridized carbons (Fsp3) is 0.0492. The molecule has 2 heteroatoms. The second-order valence-electron chi connectivity index (χ2n) is 17.3. The van der Waals surface area contributed by atoms with Crippen LogP contribution in [0.4, 0.5) is 0 Å². The quantitative estimate of drug-likeness (QED) is 0.157. The van der Waals surface area contributed by atoms with Crippen molar-refractivity contribution in [3.63, 3.8) is 0 Å². The molecular weight excluding hydrogens is 761 g/mol. The second-order valence-corrected chi connectivity index (χ2v) is 17.3. The molecule has 0 fully saturated rings. The van der Waals surface area contributed by atoms with Gasteiger partial charge < -0.3 is 0 Å². The van der Waals surface area contributed by atoms with Crippen molar-refractivity contribution in [3.8, 4) is 78.4 Å². The smallest absolute Gasteiger partial charge is 0.160 e. The summed E-state index contributed by atoms with van der Waals surface area (Å²) in [6.45, 7) is 4.77. The Bertz CT molecular complexity index is 3510. The van der Waals surface area contributed by atoms with Crippen LogP contribution in [0.5, 0.6) is 0 Å². The van der Waals surface area contributed by atoms with Gasteiger partial charge >= 0.3 is 0 Å². The van der Waals surface area contributed by atoms with Gasteiger partial charge in [-0.05, 0) is 106 Å². The zero-order valence-corrected chi connectivity index (χ0v) is 35.2. The second kappa shape index (κ2) is 14.6. The van der Waals surface area contributed by atoms with Crippen molar-refractivity contribution in [2.75, 3.05) is 0 Å². The van der Waals surface area contributed by atoms with Crippen LogP contribution in [0.1, 0.15) is 25.0 Å². The lowest BCUT2D eigenvalue weighted by molar-refractivity contribution is 0.661. The average Bonchev–Trinajstić information content (AvgIpc) is 3.57. The third-order valence-electron chi connectivity index (χ3n) is 13.3. The molecule has 296 valence electrons. The molecule has 1 aliphatic rings. The van der Waals surface area contributed by atoms with Gasteiger partial charge in [-0.2, -0.15) is 0 Å². The van der Waals surface area contributed by atoms with Gasteiger partial charge in [0.1, 0.15) is 0 Å². The lowest BCUT2D eigenvalue weighted by Gasteiger charge is -2.23. The van der Waals surface area contributed by atoms with Crippen LogP contribution in [0.15, 0.2) is 218 Å². The van der Waals surface area contributed by atoms with Gasteiger partial charge in [0.25, 0.3) is 0 Å². The molecule has 0 unspecified atom stereocenters. The Labute approximate surface area is 367 Å². The molecular formula is C61H42N2. The van der Waals surface area contributed by atoms with E-state index < -0.39 is 0 Å². The molecule has 12 rings (SSSR count). The maximum Gasteiger partial charge on any atom is 0.160 e. The molecule has 1 heterocycles. The summed E-state index contributed by atoms with van der Waals surface area (Å²) in [5, 5.41) is 7.43. The first-order valence-electron chi connectivity index (χ1n) is 21.8. The van der Waals surface area contributed by atoms with E-state index in [1.54, 1.807) is 0 Å².